The predicted molar refractivity (Wildman–Crippen MR) is 124 cm³/mol. The molecule has 0 aromatic carbocycles. The molecule has 0 spiro atoms. The molecule has 0 N–H and O–H groups in total. The second-order valence-corrected chi connectivity index (χ2v) is 6.78. The minimum absolute atomic E-state index is 0.245. The number of halogens is 1. The maximum atomic E-state index is 4.84. The summed E-state index contributed by atoms with van der Waals surface area (Å²) in [5.41, 5.74) is 4.86. The van der Waals surface area contributed by atoms with Crippen LogP contribution in [-0.4, -0.2) is 4.98 Å². The molecule has 2 heterocycles. The fraction of sp³-hybridized carbons (Fsp3) is 0.500. The Kier molecular flexibility index (Phi) is 16.1. The van der Waals surface area contributed by atoms with E-state index in [4.69, 9.17) is 4.98 Å². The normalized spacial score (nSPS) is 11.7. The van der Waals surface area contributed by atoms with Crippen LogP contribution in [0, 0.1) is 6.92 Å². The van der Waals surface area contributed by atoms with E-state index in [1.165, 1.54) is 22.1 Å². The molecule has 25 heavy (non-hydrogen) atoms. The van der Waals surface area contributed by atoms with Crippen molar-refractivity contribution in [2.24, 2.45) is 0 Å². The summed E-state index contributed by atoms with van der Waals surface area (Å²) >= 11 is 5.38. The number of nitrogens with zero attached hydrogens (tertiary/aromatic N) is 1. The molecule has 0 bridgehead atoms. The number of hydrogen-bond donors (Lipinski definition) is 0. The van der Waals surface area contributed by atoms with Crippen molar-refractivity contribution in [1.29, 1.82) is 0 Å². The molecule has 3 heteroatoms. The zero-order valence-corrected chi connectivity index (χ0v) is 20.1. The van der Waals surface area contributed by atoms with Crippen molar-refractivity contribution in [2.45, 2.75) is 74.1 Å². The molecular weight excluding hydrogens is 390 g/mol. The van der Waals surface area contributed by atoms with E-state index >= 15 is 0 Å². The molecule has 0 saturated heterocycles. The second kappa shape index (κ2) is 15.3. The molecule has 2 aromatic rings. The van der Waals surface area contributed by atoms with Gasteiger partial charge in [0.1, 0.15) is 4.83 Å². The van der Waals surface area contributed by atoms with E-state index < -0.39 is 0 Å². The van der Waals surface area contributed by atoms with Gasteiger partial charge in [-0.1, -0.05) is 75.7 Å². The predicted octanol–water partition coefficient (Wildman–Crippen LogP) is 9.12. The van der Waals surface area contributed by atoms with Gasteiger partial charge in [-0.3, -0.25) is 0 Å². The van der Waals surface area contributed by atoms with Crippen molar-refractivity contribution >= 4 is 43.1 Å². The Morgan fingerprint density at radius 1 is 1.12 bits per heavy atom. The Morgan fingerprint density at radius 2 is 1.68 bits per heavy atom. The Balaban J connectivity index is 0. The summed E-state index contributed by atoms with van der Waals surface area (Å²) in [7, 11) is 0. The molecule has 2 aromatic heterocycles. The Hall–Kier alpha value is -0.930. The lowest BCUT2D eigenvalue weighted by atomic mass is 10.00. The Labute approximate surface area is 168 Å². The molecule has 1 unspecified atom stereocenters. The van der Waals surface area contributed by atoms with Crippen LogP contribution < -0.4 is 0 Å². The van der Waals surface area contributed by atoms with Crippen LogP contribution >= 0.6 is 27.3 Å². The van der Waals surface area contributed by atoms with Crippen molar-refractivity contribution in [1.82, 2.24) is 4.98 Å². The van der Waals surface area contributed by atoms with Crippen LogP contribution in [0.2, 0.25) is 0 Å². The third-order valence-electron chi connectivity index (χ3n) is 3.13. The highest BCUT2D eigenvalue weighted by Gasteiger charge is 2.15. The first-order valence-electron chi connectivity index (χ1n) is 9.40. The molecule has 2 rings (SSSR count). The summed E-state index contributed by atoms with van der Waals surface area (Å²) in [6.45, 7) is 20.4. The number of fused-ring (bicyclic) bond motifs is 1. The second-order valence-electron chi connectivity index (χ2n) is 4.55. The van der Waals surface area contributed by atoms with Gasteiger partial charge in [-0.2, -0.15) is 0 Å². The lowest BCUT2D eigenvalue weighted by Crippen LogP contribution is -1.97. The van der Waals surface area contributed by atoms with Gasteiger partial charge in [0.05, 0.1) is 10.5 Å². The van der Waals surface area contributed by atoms with E-state index in [-0.39, 0.29) is 4.83 Å². The number of aromatic nitrogens is 1. The van der Waals surface area contributed by atoms with Crippen LogP contribution in [-0.2, 0) is 0 Å². The molecular formula is C22H36BrNS. The van der Waals surface area contributed by atoms with E-state index in [0.29, 0.717) is 0 Å². The van der Waals surface area contributed by atoms with Crippen LogP contribution in [0.25, 0.3) is 15.8 Å². The van der Waals surface area contributed by atoms with Crippen LogP contribution in [0.4, 0.5) is 0 Å². The third-order valence-corrected chi connectivity index (χ3v) is 4.57. The molecule has 0 radical (unpaired) electrons. The smallest absolute Gasteiger partial charge is 0.123 e. The minimum atomic E-state index is 0.245. The number of alkyl halides is 1. The first kappa shape index (κ1) is 26.3. The number of thiophene rings is 1. The van der Waals surface area contributed by atoms with Crippen LogP contribution in [0.5, 0.6) is 0 Å². The molecule has 1 atom stereocenters. The summed E-state index contributed by atoms with van der Waals surface area (Å²) in [5, 5.41) is 3.44. The highest BCUT2D eigenvalue weighted by molar-refractivity contribution is 9.09. The molecule has 0 aliphatic rings. The average Bonchev–Trinajstić information content (AvgIpc) is 3.04. The monoisotopic (exact) mass is 425 g/mol. The van der Waals surface area contributed by atoms with E-state index in [2.05, 4.69) is 66.4 Å². The zero-order chi connectivity index (χ0) is 20.0. The van der Waals surface area contributed by atoms with E-state index in [0.717, 1.165) is 10.5 Å². The zero-order valence-electron chi connectivity index (χ0n) is 17.7. The van der Waals surface area contributed by atoms with Gasteiger partial charge in [0.25, 0.3) is 0 Å². The number of rotatable bonds is 3. The van der Waals surface area contributed by atoms with Gasteiger partial charge in [-0.25, -0.2) is 4.98 Å². The minimum Gasteiger partial charge on any atom is -0.240 e. The molecule has 0 saturated carbocycles. The van der Waals surface area contributed by atoms with E-state index in [1.54, 1.807) is 11.3 Å². The van der Waals surface area contributed by atoms with Crippen molar-refractivity contribution in [2.75, 3.05) is 0 Å². The number of hydrogen-bond acceptors (Lipinski definition) is 2. The summed E-state index contributed by atoms with van der Waals surface area (Å²) < 4.78 is 0. The highest BCUT2D eigenvalue weighted by atomic mass is 79.9. The fourth-order valence-electron chi connectivity index (χ4n) is 2.15. The summed E-state index contributed by atoms with van der Waals surface area (Å²) in [4.78, 5) is 6.21. The first-order valence-corrected chi connectivity index (χ1v) is 11.2. The number of aryl methyl sites for hydroxylation is 1. The van der Waals surface area contributed by atoms with Gasteiger partial charge in [0.2, 0.25) is 0 Å². The lowest BCUT2D eigenvalue weighted by Gasteiger charge is -2.12. The number of allylic oxidation sites excluding steroid dienone is 4. The summed E-state index contributed by atoms with van der Waals surface area (Å²) in [5.74, 6) is 0. The number of pyridine rings is 1. The topological polar surface area (TPSA) is 12.9 Å². The highest BCUT2D eigenvalue weighted by Crippen LogP contribution is 2.34. The molecule has 0 aliphatic heterocycles. The van der Waals surface area contributed by atoms with Gasteiger partial charge < -0.3 is 0 Å². The maximum absolute atomic E-state index is 4.84. The fourth-order valence-corrected chi connectivity index (χ4v) is 3.41. The lowest BCUT2D eigenvalue weighted by molar-refractivity contribution is 1.04. The van der Waals surface area contributed by atoms with Crippen LogP contribution in [0.1, 0.15) is 84.0 Å². The molecule has 0 aliphatic carbocycles. The van der Waals surface area contributed by atoms with Gasteiger partial charge in [0, 0.05) is 10.9 Å². The quantitative estimate of drug-likeness (QED) is 0.352. The molecule has 0 fully saturated rings. The SMILES string of the molecule is C/C=C\C(=C/C)c1cc2c(C)csc2nc1C(C)Br.CC.CC.CC. The van der Waals surface area contributed by atoms with Crippen molar-refractivity contribution in [3.8, 4) is 0 Å². The van der Waals surface area contributed by atoms with Gasteiger partial charge in [-0.05, 0) is 50.3 Å². The maximum Gasteiger partial charge on any atom is 0.123 e. The van der Waals surface area contributed by atoms with E-state index in [9.17, 15) is 0 Å². The van der Waals surface area contributed by atoms with Crippen molar-refractivity contribution < 1.29 is 0 Å². The largest absolute Gasteiger partial charge is 0.240 e. The van der Waals surface area contributed by atoms with Crippen molar-refractivity contribution in [3.63, 3.8) is 0 Å². The molecule has 1 nitrogen and oxygen atoms in total. The molecule has 0 amide bonds. The summed E-state index contributed by atoms with van der Waals surface area (Å²) in [6.07, 6.45) is 6.36. The van der Waals surface area contributed by atoms with Gasteiger partial charge >= 0.3 is 0 Å². The van der Waals surface area contributed by atoms with Gasteiger partial charge in [-0.15, -0.1) is 11.3 Å². The third kappa shape index (κ3) is 7.45. The van der Waals surface area contributed by atoms with Crippen molar-refractivity contribution in [3.05, 3.63) is 46.5 Å². The molecule has 142 valence electrons. The summed E-state index contributed by atoms with van der Waals surface area (Å²) in [6, 6.07) is 2.27. The van der Waals surface area contributed by atoms with Crippen LogP contribution in [0.3, 0.4) is 0 Å². The first-order chi connectivity index (χ1) is 12.1. The standard InChI is InChI=1S/C16H18BrNS.3C2H6/c1-5-7-12(6-2)14-8-13-10(3)9-19-16(13)18-15(14)11(4)17;3*1-2/h5-9,11H,1-4H3;3*1-2H3/b7-5-,12-6+;;;. The average molecular weight is 427 g/mol. The van der Waals surface area contributed by atoms with Crippen LogP contribution in [0.15, 0.2) is 29.7 Å². The Bertz CT molecular complexity index is 651. The van der Waals surface area contributed by atoms with Gasteiger partial charge in [0.15, 0.2) is 0 Å². The Morgan fingerprint density at radius 3 is 2.12 bits per heavy atom. The van der Waals surface area contributed by atoms with E-state index in [1.807, 2.05) is 48.5 Å².